The Morgan fingerprint density at radius 1 is 1.10 bits per heavy atom. The zero-order valence-corrected chi connectivity index (χ0v) is 23.2. The number of aromatic nitrogens is 4. The second kappa shape index (κ2) is 12.3. The number of fused-ring (bicyclic) bond motifs is 2. The lowest BCUT2D eigenvalue weighted by Crippen LogP contribution is -2.25. The van der Waals surface area contributed by atoms with Crippen LogP contribution in [0.25, 0.3) is 31.8 Å². The van der Waals surface area contributed by atoms with Crippen LogP contribution in [0.5, 0.6) is 17.5 Å². The lowest BCUT2D eigenvalue weighted by atomic mass is 10.1. The number of aliphatic hydroxyl groups is 1. The summed E-state index contributed by atoms with van der Waals surface area (Å²) in [5, 5.41) is 12.1. The highest BCUT2D eigenvalue weighted by Gasteiger charge is 2.17. The number of nitrogens with zero attached hydrogens (tertiary/aromatic N) is 4. The molecule has 5 aromatic rings. The lowest BCUT2D eigenvalue weighted by molar-refractivity contribution is 0.0844. The van der Waals surface area contributed by atoms with Gasteiger partial charge in [-0.25, -0.2) is 29.1 Å². The molecule has 41 heavy (non-hydrogen) atoms. The van der Waals surface area contributed by atoms with Gasteiger partial charge in [0.15, 0.2) is 11.6 Å². The van der Waals surface area contributed by atoms with E-state index < -0.39 is 18.0 Å². The van der Waals surface area contributed by atoms with Gasteiger partial charge in [-0.05, 0) is 37.6 Å². The van der Waals surface area contributed by atoms with Gasteiger partial charge in [0.05, 0.1) is 46.9 Å². The number of hydrogen-bond acceptors (Lipinski definition) is 11. The minimum atomic E-state index is -0.727. The van der Waals surface area contributed by atoms with Crippen molar-refractivity contribution in [3.8, 4) is 28.1 Å². The van der Waals surface area contributed by atoms with E-state index in [1.807, 2.05) is 19.1 Å². The minimum absolute atomic E-state index is 0.0157. The molecule has 2 N–H and O–H groups in total. The van der Waals surface area contributed by atoms with Crippen LogP contribution < -0.4 is 19.5 Å². The average molecular weight is 580 g/mol. The van der Waals surface area contributed by atoms with Crippen molar-refractivity contribution in [2.45, 2.75) is 20.0 Å². The molecule has 0 aliphatic heterocycles. The first kappa shape index (κ1) is 27.9. The smallest absolute Gasteiger partial charge is 0.412 e. The number of aryl methyl sites for hydroxylation is 1. The van der Waals surface area contributed by atoms with Crippen LogP contribution in [-0.4, -0.2) is 64.2 Å². The molecule has 0 saturated carbocycles. The summed E-state index contributed by atoms with van der Waals surface area (Å²) in [5.74, 6) is 0.0844. The quantitative estimate of drug-likeness (QED) is 0.229. The molecular formula is C28H26FN5O6S. The maximum Gasteiger partial charge on any atom is 0.412 e. The molecule has 3 aromatic heterocycles. The van der Waals surface area contributed by atoms with Gasteiger partial charge in [0.1, 0.15) is 24.3 Å². The maximum atomic E-state index is 14.9. The molecule has 0 unspecified atom stereocenters. The highest BCUT2D eigenvalue weighted by atomic mass is 32.1. The van der Waals surface area contributed by atoms with Gasteiger partial charge in [0.2, 0.25) is 11.8 Å². The number of benzene rings is 2. The van der Waals surface area contributed by atoms with Gasteiger partial charge in [-0.3, -0.25) is 5.32 Å². The molecule has 2 aromatic carbocycles. The fourth-order valence-electron chi connectivity index (χ4n) is 3.95. The van der Waals surface area contributed by atoms with Gasteiger partial charge in [0.25, 0.3) is 0 Å². The summed E-state index contributed by atoms with van der Waals surface area (Å²) in [7, 11) is 1.53. The van der Waals surface area contributed by atoms with Crippen LogP contribution in [0.1, 0.15) is 12.5 Å². The molecule has 1 amide bonds. The van der Waals surface area contributed by atoms with Crippen molar-refractivity contribution in [1.29, 1.82) is 0 Å². The SMILES string of the molecule is COc1cnc2c(-c3nc4cc(F)c(OC[C@@H](C)OC(=O)Nc5ccnc(OCCO)c5)cc4s3)cc(C)cc2n1. The van der Waals surface area contributed by atoms with Crippen LogP contribution in [0.3, 0.4) is 0 Å². The molecule has 5 rings (SSSR count). The number of pyridine rings is 1. The third kappa shape index (κ3) is 6.58. The van der Waals surface area contributed by atoms with Crippen molar-refractivity contribution in [3.63, 3.8) is 0 Å². The fourth-order valence-corrected chi connectivity index (χ4v) is 4.95. The summed E-state index contributed by atoms with van der Waals surface area (Å²) in [6.07, 6.45) is 1.58. The van der Waals surface area contributed by atoms with Crippen LogP contribution in [0.15, 0.2) is 48.8 Å². The zero-order chi connectivity index (χ0) is 28.9. The predicted molar refractivity (Wildman–Crippen MR) is 151 cm³/mol. The van der Waals surface area contributed by atoms with Crippen LogP contribution in [0, 0.1) is 12.7 Å². The van der Waals surface area contributed by atoms with E-state index in [1.165, 1.54) is 36.8 Å². The largest absolute Gasteiger partial charge is 0.487 e. The van der Waals surface area contributed by atoms with Crippen molar-refractivity contribution < 1.29 is 33.2 Å². The van der Waals surface area contributed by atoms with E-state index in [0.29, 0.717) is 33.1 Å². The monoisotopic (exact) mass is 579 g/mol. The molecule has 13 heteroatoms. The molecule has 11 nitrogen and oxygen atoms in total. The van der Waals surface area contributed by atoms with Crippen LogP contribution in [0.2, 0.25) is 0 Å². The second-order valence-corrected chi connectivity index (χ2v) is 10.00. The normalized spacial score (nSPS) is 11.8. The van der Waals surface area contributed by atoms with E-state index in [4.69, 9.17) is 24.1 Å². The van der Waals surface area contributed by atoms with Gasteiger partial charge in [-0.15, -0.1) is 11.3 Å². The summed E-state index contributed by atoms with van der Waals surface area (Å²) < 4.78 is 37.0. The Balaban J connectivity index is 1.26. The molecule has 0 bridgehead atoms. The molecule has 0 spiro atoms. The Labute approximate surface area is 237 Å². The molecule has 0 saturated heterocycles. The first-order chi connectivity index (χ1) is 19.8. The first-order valence-electron chi connectivity index (χ1n) is 12.5. The van der Waals surface area contributed by atoms with Crippen molar-refractivity contribution in [2.75, 3.05) is 32.2 Å². The van der Waals surface area contributed by atoms with Gasteiger partial charge in [0, 0.05) is 30.0 Å². The topological polar surface area (TPSA) is 138 Å². The third-order valence-electron chi connectivity index (χ3n) is 5.75. The summed E-state index contributed by atoms with van der Waals surface area (Å²) in [5.41, 5.74) is 3.98. The number of nitrogens with one attached hydrogen (secondary N) is 1. The van der Waals surface area contributed by atoms with E-state index in [1.54, 1.807) is 25.3 Å². The number of rotatable bonds is 10. The van der Waals surface area contributed by atoms with E-state index in [2.05, 4.69) is 25.3 Å². The third-order valence-corrected chi connectivity index (χ3v) is 6.81. The molecule has 1 atom stereocenters. The number of anilines is 1. The van der Waals surface area contributed by atoms with E-state index in [-0.39, 0.29) is 31.5 Å². The molecule has 3 heterocycles. The number of carbonyl (C=O) groups excluding carboxylic acids is 1. The highest BCUT2D eigenvalue weighted by molar-refractivity contribution is 7.21. The van der Waals surface area contributed by atoms with Crippen LogP contribution in [-0.2, 0) is 4.74 Å². The van der Waals surface area contributed by atoms with Crippen molar-refractivity contribution in [3.05, 3.63) is 60.2 Å². The fraction of sp³-hybridized carbons (Fsp3) is 0.250. The summed E-state index contributed by atoms with van der Waals surface area (Å²) in [4.78, 5) is 29.9. The number of hydrogen-bond donors (Lipinski definition) is 2. The number of thiazole rings is 1. The predicted octanol–water partition coefficient (Wildman–Crippen LogP) is 5.14. The number of halogens is 1. The zero-order valence-electron chi connectivity index (χ0n) is 22.4. The van der Waals surface area contributed by atoms with Gasteiger partial charge in [-0.1, -0.05) is 0 Å². The Morgan fingerprint density at radius 2 is 1.95 bits per heavy atom. The first-order valence-corrected chi connectivity index (χ1v) is 13.4. The molecule has 0 fully saturated rings. The molecule has 0 radical (unpaired) electrons. The van der Waals surface area contributed by atoms with Crippen LogP contribution in [0.4, 0.5) is 14.9 Å². The van der Waals surface area contributed by atoms with E-state index in [0.717, 1.165) is 15.8 Å². The molecule has 0 aliphatic rings. The molecule has 0 aliphatic carbocycles. The summed E-state index contributed by atoms with van der Waals surface area (Å²) in [6, 6.07) is 9.83. The second-order valence-electron chi connectivity index (χ2n) is 8.97. The highest BCUT2D eigenvalue weighted by Crippen LogP contribution is 2.37. The van der Waals surface area contributed by atoms with Crippen molar-refractivity contribution >= 4 is 44.4 Å². The molecule has 212 valence electrons. The van der Waals surface area contributed by atoms with Gasteiger partial charge in [-0.2, -0.15) is 0 Å². The van der Waals surface area contributed by atoms with Crippen molar-refractivity contribution in [1.82, 2.24) is 19.9 Å². The Kier molecular flexibility index (Phi) is 8.36. The van der Waals surface area contributed by atoms with Crippen LogP contribution >= 0.6 is 11.3 Å². The maximum absolute atomic E-state index is 14.9. The average Bonchev–Trinajstić information content (AvgIpc) is 3.36. The lowest BCUT2D eigenvalue weighted by Gasteiger charge is -2.15. The number of methoxy groups -OCH3 is 1. The van der Waals surface area contributed by atoms with Crippen molar-refractivity contribution in [2.24, 2.45) is 0 Å². The Bertz CT molecular complexity index is 1720. The molecular weight excluding hydrogens is 553 g/mol. The Hall–Kier alpha value is -4.62. The van der Waals surface area contributed by atoms with E-state index in [9.17, 15) is 9.18 Å². The standard InChI is InChI=1S/C28H26FN5O6S/c1-15-8-18(26-21(9-15)33-25(37-3)13-31-26)27-34-20-11-19(29)22(12-23(20)41-27)39-14-16(2)40-28(36)32-17-4-5-30-24(10-17)38-7-6-35/h4-5,8-13,16,35H,6-7,14H2,1-3H3,(H,30,32,36)/t16-/m1/s1. The number of amides is 1. The van der Waals surface area contributed by atoms with Gasteiger partial charge >= 0.3 is 6.09 Å². The Morgan fingerprint density at radius 3 is 2.76 bits per heavy atom. The summed E-state index contributed by atoms with van der Waals surface area (Å²) >= 11 is 1.38. The van der Waals surface area contributed by atoms with E-state index >= 15 is 0 Å². The minimum Gasteiger partial charge on any atom is -0.487 e. The van der Waals surface area contributed by atoms with Gasteiger partial charge < -0.3 is 24.1 Å². The summed E-state index contributed by atoms with van der Waals surface area (Å²) in [6.45, 7) is 3.42. The number of ether oxygens (including phenoxy) is 4. The number of aliphatic hydroxyl groups excluding tert-OH is 1. The number of carbonyl (C=O) groups is 1.